The number of carbonyl (C=O) groups excluding carboxylic acids is 1. The summed E-state index contributed by atoms with van der Waals surface area (Å²) in [6.07, 6.45) is 0.392. The van der Waals surface area contributed by atoms with Crippen molar-refractivity contribution in [3.05, 3.63) is 65.7 Å². The second-order valence-corrected chi connectivity index (χ2v) is 10.2. The minimum Gasteiger partial charge on any atom is -0.383 e. The zero-order valence-electron chi connectivity index (χ0n) is 16.4. The van der Waals surface area contributed by atoms with Crippen LogP contribution in [-0.2, 0) is 14.8 Å². The average molecular weight is 443 g/mol. The summed E-state index contributed by atoms with van der Waals surface area (Å²) in [6.45, 7) is 2.48. The van der Waals surface area contributed by atoms with E-state index in [1.54, 1.807) is 6.07 Å². The molecule has 3 N–H and O–H groups in total. The number of hydrogen-bond acceptors (Lipinski definition) is 5. The molecule has 1 atom stereocenters. The second-order valence-electron chi connectivity index (χ2n) is 7.22. The summed E-state index contributed by atoms with van der Waals surface area (Å²) in [7, 11) is -3.79. The second kappa shape index (κ2) is 8.17. The smallest absolute Gasteiger partial charge is 0.250 e. The number of carbonyl (C=O) groups is 1. The zero-order chi connectivity index (χ0) is 21.3. The highest BCUT2D eigenvalue weighted by molar-refractivity contribution is 7.91. The van der Waals surface area contributed by atoms with Crippen LogP contribution in [-0.4, -0.2) is 44.3 Å². The lowest BCUT2D eigenvalue weighted by molar-refractivity contribution is -0.128. The first-order chi connectivity index (χ1) is 14.3. The molecule has 0 saturated carbocycles. The Bertz CT molecular complexity index is 1220. The summed E-state index contributed by atoms with van der Waals surface area (Å²) in [6, 6.07) is 15.9. The molecule has 1 aliphatic rings. The monoisotopic (exact) mass is 442 g/mol. The highest BCUT2D eigenvalue weighted by Gasteiger charge is 2.35. The van der Waals surface area contributed by atoms with E-state index in [2.05, 4.69) is 9.71 Å². The number of likely N-dealkylation sites (tertiary alicyclic amines) is 1. The third kappa shape index (κ3) is 4.23. The summed E-state index contributed by atoms with van der Waals surface area (Å²) >= 11 is 1.20. The van der Waals surface area contributed by atoms with Crippen molar-refractivity contribution in [2.45, 2.75) is 23.6 Å². The van der Waals surface area contributed by atoms with Gasteiger partial charge in [-0.05, 0) is 30.9 Å². The van der Waals surface area contributed by atoms with Crippen LogP contribution >= 0.6 is 11.3 Å². The van der Waals surface area contributed by atoms with E-state index in [1.807, 2.05) is 55.5 Å². The lowest BCUT2D eigenvalue weighted by atomic mass is 10.2. The number of rotatable bonds is 6. The van der Waals surface area contributed by atoms with E-state index >= 15 is 0 Å². The summed E-state index contributed by atoms with van der Waals surface area (Å²) in [5.74, 6) is 0.0492. The van der Waals surface area contributed by atoms with E-state index in [0.29, 0.717) is 18.8 Å². The third-order valence-corrected chi connectivity index (χ3v) is 8.05. The van der Waals surface area contributed by atoms with Crippen LogP contribution in [0.1, 0.15) is 17.5 Å². The molecule has 1 aliphatic heterocycles. The van der Waals surface area contributed by atoms with Gasteiger partial charge in [-0.25, -0.2) is 13.4 Å². The van der Waals surface area contributed by atoms with Crippen LogP contribution < -0.4 is 10.5 Å². The van der Waals surface area contributed by atoms with Gasteiger partial charge >= 0.3 is 0 Å². The molecule has 0 unspecified atom stereocenters. The van der Waals surface area contributed by atoms with Crippen LogP contribution in [0.5, 0.6) is 0 Å². The standard InChI is InChI=1S/C21H22N4O3S2/c1-14-7-8-18-16(11-14)12-19(29-18)30(27,28)24-17-9-10-25(21(17)26)13-23-20(22)15-5-3-2-4-6-15/h2-8,11-12,17,24H,9-10,13H2,1H3,(H2,22,23)/t17-/m0/s1. The van der Waals surface area contributed by atoms with E-state index in [-0.39, 0.29) is 16.8 Å². The molecule has 7 nitrogen and oxygen atoms in total. The molecule has 0 bridgehead atoms. The van der Waals surface area contributed by atoms with Crippen LogP contribution in [0.3, 0.4) is 0 Å². The van der Waals surface area contributed by atoms with Gasteiger partial charge in [0.1, 0.15) is 22.8 Å². The number of nitrogens with two attached hydrogens (primary N) is 1. The van der Waals surface area contributed by atoms with Crippen molar-refractivity contribution < 1.29 is 13.2 Å². The van der Waals surface area contributed by atoms with Gasteiger partial charge in [0.2, 0.25) is 5.91 Å². The summed E-state index contributed by atoms with van der Waals surface area (Å²) in [5.41, 5.74) is 7.82. The number of sulfonamides is 1. The van der Waals surface area contributed by atoms with Gasteiger partial charge in [-0.2, -0.15) is 4.72 Å². The first-order valence-corrected chi connectivity index (χ1v) is 11.8. The largest absolute Gasteiger partial charge is 0.383 e. The van der Waals surface area contributed by atoms with Gasteiger partial charge < -0.3 is 10.6 Å². The fraction of sp³-hybridized carbons (Fsp3) is 0.238. The summed E-state index contributed by atoms with van der Waals surface area (Å²) in [4.78, 5) is 18.5. The Morgan fingerprint density at radius 3 is 2.77 bits per heavy atom. The fourth-order valence-electron chi connectivity index (χ4n) is 3.37. The predicted molar refractivity (Wildman–Crippen MR) is 119 cm³/mol. The van der Waals surface area contributed by atoms with Gasteiger partial charge in [0.05, 0.1) is 0 Å². The molecule has 1 saturated heterocycles. The number of nitrogens with one attached hydrogen (secondary N) is 1. The quantitative estimate of drug-likeness (QED) is 0.452. The van der Waals surface area contributed by atoms with Gasteiger partial charge in [0.25, 0.3) is 10.0 Å². The molecule has 0 spiro atoms. The van der Waals surface area contributed by atoms with Crippen LogP contribution in [0, 0.1) is 6.92 Å². The molecule has 1 aromatic heterocycles. The van der Waals surface area contributed by atoms with Gasteiger partial charge in [-0.1, -0.05) is 48.0 Å². The van der Waals surface area contributed by atoms with Gasteiger partial charge in [0.15, 0.2) is 0 Å². The van der Waals surface area contributed by atoms with Crippen molar-refractivity contribution in [3.63, 3.8) is 0 Å². The molecule has 30 heavy (non-hydrogen) atoms. The average Bonchev–Trinajstić information content (AvgIpc) is 3.31. The van der Waals surface area contributed by atoms with Gasteiger partial charge in [-0.3, -0.25) is 4.79 Å². The van der Waals surface area contributed by atoms with Crippen LogP contribution in [0.15, 0.2) is 63.8 Å². The first-order valence-electron chi connectivity index (χ1n) is 9.50. The molecular formula is C21H22N4O3S2. The Hall–Kier alpha value is -2.75. The normalized spacial score (nSPS) is 17.8. The maximum atomic E-state index is 12.8. The van der Waals surface area contributed by atoms with Crippen LogP contribution in [0.2, 0.25) is 0 Å². The fourth-order valence-corrected chi connectivity index (χ4v) is 5.99. The lowest BCUT2D eigenvalue weighted by Gasteiger charge is -2.15. The molecule has 156 valence electrons. The molecule has 2 aromatic carbocycles. The molecular weight excluding hydrogens is 420 g/mol. The Balaban J connectivity index is 1.44. The molecule has 0 radical (unpaired) electrons. The minimum absolute atomic E-state index is 0.0972. The van der Waals surface area contributed by atoms with Crippen molar-refractivity contribution in [2.75, 3.05) is 13.2 Å². The van der Waals surface area contributed by atoms with E-state index in [4.69, 9.17) is 5.73 Å². The highest BCUT2D eigenvalue weighted by Crippen LogP contribution is 2.30. The number of nitrogens with zero attached hydrogens (tertiary/aromatic N) is 2. The molecule has 1 fully saturated rings. The van der Waals surface area contributed by atoms with Crippen molar-refractivity contribution in [3.8, 4) is 0 Å². The van der Waals surface area contributed by atoms with Crippen LogP contribution in [0.25, 0.3) is 10.1 Å². The molecule has 2 heterocycles. The maximum Gasteiger partial charge on any atom is 0.250 e. The molecule has 4 rings (SSSR count). The van der Waals surface area contributed by atoms with Crippen molar-refractivity contribution in [2.24, 2.45) is 10.7 Å². The molecule has 1 amide bonds. The molecule has 3 aromatic rings. The van der Waals surface area contributed by atoms with Gasteiger partial charge in [-0.15, -0.1) is 11.3 Å². The summed E-state index contributed by atoms with van der Waals surface area (Å²) in [5, 5.41) is 0.880. The number of hydrogen-bond donors (Lipinski definition) is 2. The van der Waals surface area contributed by atoms with Crippen LogP contribution in [0.4, 0.5) is 0 Å². The van der Waals surface area contributed by atoms with E-state index in [1.165, 1.54) is 16.2 Å². The highest BCUT2D eigenvalue weighted by atomic mass is 32.2. The van der Waals surface area contributed by atoms with Crippen molar-refractivity contribution in [1.82, 2.24) is 9.62 Å². The number of benzene rings is 2. The molecule has 0 aliphatic carbocycles. The van der Waals surface area contributed by atoms with E-state index in [9.17, 15) is 13.2 Å². The lowest BCUT2D eigenvalue weighted by Crippen LogP contribution is -2.41. The Labute approximate surface area is 179 Å². The number of aryl methyl sites for hydroxylation is 1. The van der Waals surface area contributed by atoms with Crippen molar-refractivity contribution in [1.29, 1.82) is 0 Å². The SMILES string of the molecule is Cc1ccc2sc(S(=O)(=O)N[C@H]3CCN(CN=C(N)c4ccccc4)C3=O)cc2c1. The third-order valence-electron chi connectivity index (χ3n) is 4.99. The van der Waals surface area contributed by atoms with E-state index < -0.39 is 16.1 Å². The predicted octanol–water partition coefficient (Wildman–Crippen LogP) is 2.45. The van der Waals surface area contributed by atoms with E-state index in [0.717, 1.165) is 21.2 Å². The number of fused-ring (bicyclic) bond motifs is 1. The Kier molecular flexibility index (Phi) is 5.59. The number of amides is 1. The number of aliphatic imine (C=N–C) groups is 1. The summed E-state index contributed by atoms with van der Waals surface area (Å²) < 4.78 is 29.3. The number of amidine groups is 1. The number of thiophene rings is 1. The molecule has 9 heteroatoms. The Morgan fingerprint density at radius 2 is 2.00 bits per heavy atom. The minimum atomic E-state index is -3.79. The Morgan fingerprint density at radius 1 is 1.23 bits per heavy atom. The van der Waals surface area contributed by atoms with Gasteiger partial charge in [0, 0.05) is 16.8 Å². The maximum absolute atomic E-state index is 12.8. The topological polar surface area (TPSA) is 105 Å². The zero-order valence-corrected chi connectivity index (χ0v) is 18.0. The first kappa shape index (κ1) is 20.5. The van der Waals surface area contributed by atoms with Crippen molar-refractivity contribution >= 4 is 43.2 Å².